The molecule has 4 heteroatoms. The highest BCUT2D eigenvalue weighted by Crippen LogP contribution is 2.33. The van der Waals surface area contributed by atoms with Gasteiger partial charge in [-0.25, -0.2) is 4.39 Å². The molecule has 0 saturated carbocycles. The smallest absolute Gasteiger partial charge is 0.132 e. The molecular formula is C16H14FNOS. The number of hydrogen-bond donors (Lipinski definition) is 1. The van der Waals surface area contributed by atoms with Gasteiger partial charge in [0.25, 0.3) is 0 Å². The lowest BCUT2D eigenvalue weighted by atomic mass is 10.0. The molecule has 3 aromatic rings. The second-order valence-corrected chi connectivity index (χ2v) is 5.67. The summed E-state index contributed by atoms with van der Waals surface area (Å²) in [5.41, 5.74) is 6.69. The molecule has 0 bridgehead atoms. The van der Waals surface area contributed by atoms with Crippen molar-refractivity contribution in [3.05, 3.63) is 64.8 Å². The summed E-state index contributed by atoms with van der Waals surface area (Å²) < 4.78 is 20.2. The number of nitrogens with two attached hydrogens (primary N) is 1. The molecule has 0 aliphatic rings. The van der Waals surface area contributed by atoms with E-state index in [9.17, 15) is 4.39 Å². The van der Waals surface area contributed by atoms with Gasteiger partial charge in [0.15, 0.2) is 0 Å². The predicted octanol–water partition coefficient (Wildman–Crippen LogP) is 4.10. The van der Waals surface area contributed by atoms with E-state index >= 15 is 0 Å². The fourth-order valence-corrected chi connectivity index (χ4v) is 3.28. The monoisotopic (exact) mass is 287 g/mol. The maximum atomic E-state index is 14.1. The first-order chi connectivity index (χ1) is 9.69. The van der Waals surface area contributed by atoms with E-state index in [1.165, 1.54) is 13.2 Å². The van der Waals surface area contributed by atoms with Gasteiger partial charge in [0.1, 0.15) is 11.6 Å². The van der Waals surface area contributed by atoms with Crippen molar-refractivity contribution in [3.8, 4) is 5.75 Å². The molecule has 0 radical (unpaired) electrons. The van der Waals surface area contributed by atoms with Gasteiger partial charge >= 0.3 is 0 Å². The molecule has 3 rings (SSSR count). The Balaban J connectivity index is 2.01. The summed E-state index contributed by atoms with van der Waals surface area (Å²) in [5, 5.41) is 1.14. The maximum Gasteiger partial charge on any atom is 0.132 e. The summed E-state index contributed by atoms with van der Waals surface area (Å²) >= 11 is 1.60. The minimum atomic E-state index is -0.460. The van der Waals surface area contributed by atoms with Gasteiger partial charge < -0.3 is 10.5 Å². The van der Waals surface area contributed by atoms with E-state index in [1.807, 2.05) is 30.3 Å². The van der Waals surface area contributed by atoms with Crippen molar-refractivity contribution < 1.29 is 9.13 Å². The predicted molar refractivity (Wildman–Crippen MR) is 80.8 cm³/mol. The van der Waals surface area contributed by atoms with Crippen LogP contribution in [0.4, 0.5) is 4.39 Å². The molecule has 0 aliphatic heterocycles. The van der Waals surface area contributed by atoms with Crippen LogP contribution in [-0.4, -0.2) is 7.11 Å². The van der Waals surface area contributed by atoms with Gasteiger partial charge in [-0.15, -0.1) is 11.3 Å². The second-order valence-electron chi connectivity index (χ2n) is 4.55. The summed E-state index contributed by atoms with van der Waals surface area (Å²) in [5.74, 6) is 0.157. The standard InChI is InChI=1S/C16H14FNOS/c1-19-11-6-7-12(13(17)9-11)16(18)15-8-10-4-2-3-5-14(10)20-15/h2-9,16H,18H2,1H3. The van der Waals surface area contributed by atoms with Crippen LogP contribution in [0.25, 0.3) is 10.1 Å². The molecule has 0 fully saturated rings. The van der Waals surface area contributed by atoms with E-state index < -0.39 is 6.04 Å². The molecule has 0 saturated heterocycles. The Morgan fingerprint density at radius 3 is 2.65 bits per heavy atom. The fraction of sp³-hybridized carbons (Fsp3) is 0.125. The zero-order valence-electron chi connectivity index (χ0n) is 11.0. The van der Waals surface area contributed by atoms with Crippen LogP contribution in [0.3, 0.4) is 0 Å². The molecule has 2 aromatic carbocycles. The number of hydrogen-bond acceptors (Lipinski definition) is 3. The lowest BCUT2D eigenvalue weighted by Gasteiger charge is -2.12. The number of rotatable bonds is 3. The van der Waals surface area contributed by atoms with Crippen LogP contribution in [-0.2, 0) is 0 Å². The Bertz CT molecular complexity index is 720. The van der Waals surface area contributed by atoms with Crippen LogP contribution in [0.1, 0.15) is 16.5 Å². The Kier molecular flexibility index (Phi) is 3.42. The summed E-state index contributed by atoms with van der Waals surface area (Å²) in [6, 6.07) is 14.4. The summed E-state index contributed by atoms with van der Waals surface area (Å²) in [7, 11) is 1.51. The van der Waals surface area contributed by atoms with Gasteiger partial charge in [0.05, 0.1) is 13.2 Å². The Morgan fingerprint density at radius 1 is 1.15 bits per heavy atom. The molecular weight excluding hydrogens is 273 g/mol. The summed E-state index contributed by atoms with van der Waals surface area (Å²) in [6.07, 6.45) is 0. The first-order valence-corrected chi connectivity index (χ1v) is 7.08. The van der Waals surface area contributed by atoms with E-state index in [0.29, 0.717) is 11.3 Å². The van der Waals surface area contributed by atoms with Crippen molar-refractivity contribution in [3.63, 3.8) is 0 Å². The first-order valence-electron chi connectivity index (χ1n) is 6.26. The number of ether oxygens (including phenoxy) is 1. The average molecular weight is 287 g/mol. The minimum absolute atomic E-state index is 0.339. The Hall–Kier alpha value is -1.91. The molecule has 1 atom stereocenters. The molecule has 0 amide bonds. The third kappa shape index (κ3) is 2.28. The average Bonchev–Trinajstić information content (AvgIpc) is 2.90. The zero-order valence-corrected chi connectivity index (χ0v) is 11.8. The highest BCUT2D eigenvalue weighted by Gasteiger charge is 2.16. The SMILES string of the molecule is COc1ccc(C(N)c2cc3ccccc3s2)c(F)c1. The number of fused-ring (bicyclic) bond motifs is 1. The lowest BCUT2D eigenvalue weighted by molar-refractivity contribution is 0.410. The highest BCUT2D eigenvalue weighted by molar-refractivity contribution is 7.19. The molecule has 102 valence electrons. The molecule has 1 aromatic heterocycles. The van der Waals surface area contributed by atoms with E-state index in [4.69, 9.17) is 10.5 Å². The molecule has 0 aliphatic carbocycles. The number of thiophene rings is 1. The minimum Gasteiger partial charge on any atom is -0.497 e. The van der Waals surface area contributed by atoms with Gasteiger partial charge in [-0.3, -0.25) is 0 Å². The maximum absolute atomic E-state index is 14.1. The van der Waals surface area contributed by atoms with Gasteiger partial charge in [-0.1, -0.05) is 24.3 Å². The van der Waals surface area contributed by atoms with Crippen LogP contribution in [0, 0.1) is 5.82 Å². The van der Waals surface area contributed by atoms with Crippen LogP contribution >= 0.6 is 11.3 Å². The fourth-order valence-electron chi connectivity index (χ4n) is 2.20. The molecule has 20 heavy (non-hydrogen) atoms. The van der Waals surface area contributed by atoms with Crippen molar-refractivity contribution in [1.29, 1.82) is 0 Å². The van der Waals surface area contributed by atoms with Crippen molar-refractivity contribution in [2.24, 2.45) is 5.73 Å². The van der Waals surface area contributed by atoms with Crippen LogP contribution in [0.2, 0.25) is 0 Å². The number of benzene rings is 2. The van der Waals surface area contributed by atoms with Gasteiger partial charge in [0, 0.05) is 21.2 Å². The van der Waals surface area contributed by atoms with Crippen molar-refractivity contribution in [2.45, 2.75) is 6.04 Å². The molecule has 1 heterocycles. The van der Waals surface area contributed by atoms with Gasteiger partial charge in [0.2, 0.25) is 0 Å². The molecule has 2 nitrogen and oxygen atoms in total. The van der Waals surface area contributed by atoms with Crippen molar-refractivity contribution in [1.82, 2.24) is 0 Å². The molecule has 0 spiro atoms. The Morgan fingerprint density at radius 2 is 1.95 bits per heavy atom. The lowest BCUT2D eigenvalue weighted by Crippen LogP contribution is -2.12. The number of halogens is 1. The van der Waals surface area contributed by atoms with Crippen LogP contribution < -0.4 is 10.5 Å². The third-order valence-electron chi connectivity index (χ3n) is 3.29. The summed E-state index contributed by atoms with van der Waals surface area (Å²) in [6.45, 7) is 0. The largest absolute Gasteiger partial charge is 0.497 e. The third-order valence-corrected chi connectivity index (χ3v) is 4.49. The molecule has 1 unspecified atom stereocenters. The van der Waals surface area contributed by atoms with E-state index in [0.717, 1.165) is 15.0 Å². The van der Waals surface area contributed by atoms with Crippen molar-refractivity contribution in [2.75, 3.05) is 7.11 Å². The van der Waals surface area contributed by atoms with Crippen LogP contribution in [0.5, 0.6) is 5.75 Å². The normalized spacial score (nSPS) is 12.6. The zero-order chi connectivity index (χ0) is 14.1. The quantitative estimate of drug-likeness (QED) is 0.787. The van der Waals surface area contributed by atoms with Crippen LogP contribution in [0.15, 0.2) is 48.5 Å². The van der Waals surface area contributed by atoms with E-state index in [1.54, 1.807) is 23.5 Å². The molecule has 2 N–H and O–H groups in total. The van der Waals surface area contributed by atoms with E-state index in [2.05, 4.69) is 0 Å². The number of methoxy groups -OCH3 is 1. The van der Waals surface area contributed by atoms with E-state index in [-0.39, 0.29) is 5.82 Å². The second kappa shape index (κ2) is 5.23. The first kappa shape index (κ1) is 13.1. The van der Waals surface area contributed by atoms with Gasteiger partial charge in [-0.05, 0) is 23.6 Å². The summed E-state index contributed by atoms with van der Waals surface area (Å²) in [4.78, 5) is 0.954. The Labute approximate surface area is 120 Å². The van der Waals surface area contributed by atoms with Gasteiger partial charge in [-0.2, -0.15) is 0 Å². The highest BCUT2D eigenvalue weighted by atomic mass is 32.1. The van der Waals surface area contributed by atoms with Crippen molar-refractivity contribution >= 4 is 21.4 Å². The topological polar surface area (TPSA) is 35.2 Å².